The first-order valence-electron chi connectivity index (χ1n) is 12.2. The maximum Gasteiger partial charge on any atom is 0.410 e. The number of aromatic nitrogens is 3. The van der Waals surface area contributed by atoms with Gasteiger partial charge < -0.3 is 9.64 Å². The van der Waals surface area contributed by atoms with E-state index in [9.17, 15) is 4.79 Å². The van der Waals surface area contributed by atoms with Crippen molar-refractivity contribution in [2.24, 2.45) is 4.99 Å². The molecule has 0 N–H and O–H groups in total. The number of carbonyl (C=O) groups excluding carboxylic acids is 1. The maximum atomic E-state index is 12.7. The molecule has 0 saturated carbocycles. The number of hydrogen-bond acceptors (Lipinski definition) is 6. The molecule has 0 saturated heterocycles. The van der Waals surface area contributed by atoms with Crippen LogP contribution in [0.15, 0.2) is 29.3 Å². The van der Waals surface area contributed by atoms with E-state index in [-0.39, 0.29) is 12.7 Å². The molecule has 0 fully saturated rings. The molecular formula is C27H28ClN5O2S. The molecule has 1 amide bonds. The fourth-order valence-corrected chi connectivity index (χ4v) is 6.67. The van der Waals surface area contributed by atoms with E-state index >= 15 is 0 Å². The van der Waals surface area contributed by atoms with Crippen LogP contribution in [0.2, 0.25) is 5.02 Å². The van der Waals surface area contributed by atoms with Gasteiger partial charge in [0.1, 0.15) is 23.0 Å². The van der Waals surface area contributed by atoms with Crippen molar-refractivity contribution in [3.05, 3.63) is 62.5 Å². The summed E-state index contributed by atoms with van der Waals surface area (Å²) in [5.41, 5.74) is 3.52. The van der Waals surface area contributed by atoms with E-state index in [1.54, 1.807) is 16.2 Å². The van der Waals surface area contributed by atoms with Crippen LogP contribution in [0.1, 0.15) is 66.3 Å². The molecule has 2 aliphatic rings. The minimum absolute atomic E-state index is 0.225. The van der Waals surface area contributed by atoms with Gasteiger partial charge in [0.2, 0.25) is 0 Å². The van der Waals surface area contributed by atoms with Crippen molar-refractivity contribution < 1.29 is 9.53 Å². The Morgan fingerprint density at radius 1 is 1.28 bits per heavy atom. The van der Waals surface area contributed by atoms with E-state index in [0.29, 0.717) is 31.0 Å². The Bertz CT molecular complexity index is 1400. The van der Waals surface area contributed by atoms with Crippen molar-refractivity contribution in [1.82, 2.24) is 19.7 Å². The van der Waals surface area contributed by atoms with Crippen molar-refractivity contribution in [2.45, 2.75) is 58.5 Å². The predicted octanol–water partition coefficient (Wildman–Crippen LogP) is 5.67. The number of terminal acetylenes is 1. The number of hydrogen-bond donors (Lipinski definition) is 0. The third-order valence-electron chi connectivity index (χ3n) is 7.07. The molecule has 1 aromatic carbocycles. The topological polar surface area (TPSA) is 72.6 Å². The number of nitrogens with zero attached hydrogens (tertiary/aromatic N) is 5. The molecule has 36 heavy (non-hydrogen) atoms. The lowest BCUT2D eigenvalue weighted by atomic mass is 9.91. The second kappa shape index (κ2) is 9.72. The summed E-state index contributed by atoms with van der Waals surface area (Å²) in [6.07, 6.45) is 7.61. The Balaban J connectivity index is 1.69. The predicted molar refractivity (Wildman–Crippen MR) is 142 cm³/mol. The number of halogens is 1. The summed E-state index contributed by atoms with van der Waals surface area (Å²) in [6.45, 7) is 7.52. The molecule has 5 rings (SSSR count). The van der Waals surface area contributed by atoms with Crippen LogP contribution in [0.25, 0.3) is 5.00 Å². The Morgan fingerprint density at radius 2 is 2.06 bits per heavy atom. The minimum Gasteiger partial charge on any atom is -0.448 e. The molecule has 0 bridgehead atoms. The summed E-state index contributed by atoms with van der Waals surface area (Å²) in [5, 5.41) is 10.8. The third kappa shape index (κ3) is 3.91. The van der Waals surface area contributed by atoms with Crippen LogP contribution < -0.4 is 0 Å². The quantitative estimate of drug-likeness (QED) is 0.320. The number of benzene rings is 1. The van der Waals surface area contributed by atoms with Gasteiger partial charge in [-0.3, -0.25) is 9.56 Å². The van der Waals surface area contributed by atoms with Gasteiger partial charge >= 0.3 is 6.09 Å². The lowest BCUT2D eigenvalue weighted by molar-refractivity contribution is 0.100. The molecule has 4 heterocycles. The molecule has 0 aliphatic carbocycles. The minimum atomic E-state index is -0.525. The Labute approximate surface area is 220 Å². The lowest BCUT2D eigenvalue weighted by Gasteiger charge is -2.28. The first-order valence-corrected chi connectivity index (χ1v) is 13.4. The fraction of sp³-hybridized carbons (Fsp3) is 0.407. The van der Waals surface area contributed by atoms with Crippen LogP contribution in [0, 0.1) is 19.3 Å². The van der Waals surface area contributed by atoms with Crippen molar-refractivity contribution in [2.75, 3.05) is 13.2 Å². The molecule has 0 unspecified atom stereocenters. The first kappa shape index (κ1) is 24.5. The smallest absolute Gasteiger partial charge is 0.410 e. The van der Waals surface area contributed by atoms with Gasteiger partial charge in [-0.05, 0) is 37.8 Å². The van der Waals surface area contributed by atoms with Crippen molar-refractivity contribution >= 4 is 34.7 Å². The van der Waals surface area contributed by atoms with Gasteiger partial charge in [-0.2, -0.15) is 0 Å². The van der Waals surface area contributed by atoms with Gasteiger partial charge in [-0.25, -0.2) is 4.79 Å². The second-order valence-corrected chi connectivity index (χ2v) is 10.5. The molecule has 0 spiro atoms. The van der Waals surface area contributed by atoms with Crippen LogP contribution >= 0.6 is 22.9 Å². The number of carbonyl (C=O) groups is 1. The van der Waals surface area contributed by atoms with Crippen LogP contribution in [-0.4, -0.2) is 44.6 Å². The monoisotopic (exact) mass is 521 g/mol. The molecule has 2 aromatic heterocycles. The van der Waals surface area contributed by atoms with Crippen LogP contribution in [0.4, 0.5) is 4.79 Å². The van der Waals surface area contributed by atoms with Crippen molar-refractivity contribution in [3.8, 4) is 17.3 Å². The molecular weight excluding hydrogens is 494 g/mol. The molecule has 186 valence electrons. The third-order valence-corrected chi connectivity index (χ3v) is 8.61. The van der Waals surface area contributed by atoms with E-state index in [4.69, 9.17) is 27.8 Å². The Hall–Kier alpha value is -3.15. The molecule has 2 aliphatic heterocycles. The number of ether oxygens (including phenoxy) is 1. The van der Waals surface area contributed by atoms with Crippen LogP contribution in [0.3, 0.4) is 0 Å². The van der Waals surface area contributed by atoms with Gasteiger partial charge in [-0.15, -0.1) is 33.9 Å². The Morgan fingerprint density at radius 3 is 2.78 bits per heavy atom. The van der Waals surface area contributed by atoms with Crippen LogP contribution in [-0.2, 0) is 23.2 Å². The van der Waals surface area contributed by atoms with Gasteiger partial charge in [0.25, 0.3) is 0 Å². The molecule has 9 heteroatoms. The molecule has 7 nitrogen and oxygen atoms in total. The Kier molecular flexibility index (Phi) is 6.62. The SMILES string of the molecule is C#CCCOC(=O)N1CCc2c(sc3c2C(c2ccccc2Cl)=NC(CC)(CC)c2nnc(C)n2-3)C1. The summed E-state index contributed by atoms with van der Waals surface area (Å²) in [6, 6.07) is 7.86. The summed E-state index contributed by atoms with van der Waals surface area (Å²) >= 11 is 8.42. The van der Waals surface area contributed by atoms with E-state index < -0.39 is 5.54 Å². The number of aryl methyl sites for hydroxylation is 1. The number of rotatable bonds is 5. The normalized spacial score (nSPS) is 15.8. The highest BCUT2D eigenvalue weighted by Crippen LogP contribution is 2.45. The highest BCUT2D eigenvalue weighted by atomic mass is 35.5. The molecule has 0 radical (unpaired) electrons. The summed E-state index contributed by atoms with van der Waals surface area (Å²) in [4.78, 5) is 21.0. The van der Waals surface area contributed by atoms with Gasteiger partial charge in [-0.1, -0.05) is 43.6 Å². The molecule has 3 aromatic rings. The average molecular weight is 522 g/mol. The maximum absolute atomic E-state index is 12.7. The highest BCUT2D eigenvalue weighted by Gasteiger charge is 2.41. The van der Waals surface area contributed by atoms with Crippen molar-refractivity contribution in [3.63, 3.8) is 0 Å². The van der Waals surface area contributed by atoms with Gasteiger partial charge in [0, 0.05) is 34.0 Å². The number of aliphatic imine (C=N–C) groups is 1. The summed E-state index contributed by atoms with van der Waals surface area (Å²) in [7, 11) is 0. The fourth-order valence-electron chi connectivity index (χ4n) is 5.03. The van der Waals surface area contributed by atoms with Crippen LogP contribution in [0.5, 0.6) is 0 Å². The number of fused-ring (bicyclic) bond motifs is 5. The van der Waals surface area contributed by atoms with Gasteiger partial charge in [0.15, 0.2) is 5.82 Å². The van der Waals surface area contributed by atoms with Crippen molar-refractivity contribution in [1.29, 1.82) is 0 Å². The molecule has 0 atom stereocenters. The number of thiophene rings is 1. The first-order chi connectivity index (χ1) is 17.4. The summed E-state index contributed by atoms with van der Waals surface area (Å²) < 4.78 is 7.53. The second-order valence-electron chi connectivity index (χ2n) is 9.01. The van der Waals surface area contributed by atoms with E-state index in [1.807, 2.05) is 31.2 Å². The number of amides is 1. The average Bonchev–Trinajstić information content (AvgIpc) is 3.42. The van der Waals surface area contributed by atoms with Gasteiger partial charge in [0.05, 0.1) is 12.3 Å². The van der Waals surface area contributed by atoms with E-state index in [2.05, 4.69) is 34.5 Å². The zero-order valence-corrected chi connectivity index (χ0v) is 22.2. The zero-order valence-electron chi connectivity index (χ0n) is 20.7. The van der Waals surface area contributed by atoms with E-state index in [0.717, 1.165) is 51.2 Å². The lowest BCUT2D eigenvalue weighted by Crippen LogP contribution is -2.36. The zero-order chi connectivity index (χ0) is 25.4. The largest absolute Gasteiger partial charge is 0.448 e. The van der Waals surface area contributed by atoms with E-state index in [1.165, 1.54) is 5.56 Å². The summed E-state index contributed by atoms with van der Waals surface area (Å²) in [5.74, 6) is 4.16. The highest BCUT2D eigenvalue weighted by molar-refractivity contribution is 7.15. The standard InChI is InChI=1S/C27H28ClN5O2S/c1-5-8-15-35-26(34)32-14-13-19-21(16-32)36-24-22(19)23(18-11-9-10-12-20(18)28)29-27(6-2,7-3)25-31-30-17(4)33(24)25/h1,9-12H,6-8,13-16H2,2-4H3.